The molecule has 94 valence electrons. The molecule has 0 radical (unpaired) electrons. The topological polar surface area (TPSA) is 75.7 Å². The number of hydrogen-bond acceptors (Lipinski definition) is 4. The van der Waals surface area contributed by atoms with Crippen molar-refractivity contribution in [1.29, 1.82) is 0 Å². The van der Waals surface area contributed by atoms with Crippen LogP contribution in [0.3, 0.4) is 0 Å². The van der Waals surface area contributed by atoms with Crippen LogP contribution in [0.1, 0.15) is 33.6 Å². The lowest BCUT2D eigenvalue weighted by Crippen LogP contribution is -2.66. The number of urea groups is 1. The summed E-state index contributed by atoms with van der Waals surface area (Å²) in [5, 5.41) is 2.17. The van der Waals surface area contributed by atoms with Gasteiger partial charge in [0.2, 0.25) is 5.91 Å². The lowest BCUT2D eigenvalue weighted by atomic mass is 9.77. The minimum Gasteiger partial charge on any atom is -0.443 e. The first kappa shape index (κ1) is 11.9. The van der Waals surface area contributed by atoms with Crippen LogP contribution in [-0.4, -0.2) is 34.6 Å². The summed E-state index contributed by atoms with van der Waals surface area (Å²) in [6.45, 7) is 5.20. The van der Waals surface area contributed by atoms with E-state index in [0.717, 1.165) is 4.90 Å². The van der Waals surface area contributed by atoms with Gasteiger partial charge in [-0.1, -0.05) is 0 Å². The first-order chi connectivity index (χ1) is 7.79. The lowest BCUT2D eigenvalue weighted by molar-refractivity contribution is -0.132. The third-order valence-corrected chi connectivity index (χ3v) is 2.95. The number of amides is 4. The second-order valence-corrected chi connectivity index (χ2v) is 5.40. The number of hydrogen-bond donors (Lipinski definition) is 1. The Morgan fingerprint density at radius 2 is 2.00 bits per heavy atom. The highest BCUT2D eigenvalue weighted by molar-refractivity contribution is 6.05. The van der Waals surface area contributed by atoms with E-state index >= 15 is 0 Å². The maximum Gasteiger partial charge on any atom is 0.418 e. The van der Waals surface area contributed by atoms with Crippen LogP contribution in [0.2, 0.25) is 0 Å². The summed E-state index contributed by atoms with van der Waals surface area (Å²) in [6.07, 6.45) is 0.698. The van der Waals surface area contributed by atoms with E-state index in [0.29, 0.717) is 12.8 Å². The first-order valence-electron chi connectivity index (χ1n) is 5.66. The summed E-state index contributed by atoms with van der Waals surface area (Å²) < 4.78 is 5.15. The summed E-state index contributed by atoms with van der Waals surface area (Å²) in [5.41, 5.74) is -0.655. The van der Waals surface area contributed by atoms with E-state index in [1.807, 2.05) is 0 Å². The summed E-state index contributed by atoms with van der Waals surface area (Å²) in [6, 6.07) is -1.00. The van der Waals surface area contributed by atoms with E-state index in [-0.39, 0.29) is 17.9 Å². The van der Waals surface area contributed by atoms with E-state index < -0.39 is 17.7 Å². The van der Waals surface area contributed by atoms with Crippen molar-refractivity contribution in [2.75, 3.05) is 0 Å². The van der Waals surface area contributed by atoms with E-state index in [1.165, 1.54) is 0 Å². The molecule has 1 saturated heterocycles. The number of nitrogens with one attached hydrogen (secondary N) is 1. The number of fused-ring (bicyclic) bond motifs is 1. The largest absolute Gasteiger partial charge is 0.443 e. The van der Waals surface area contributed by atoms with Crippen LogP contribution in [0.15, 0.2) is 0 Å². The summed E-state index contributed by atoms with van der Waals surface area (Å²) >= 11 is 0. The average Bonchev–Trinajstić information content (AvgIpc) is 2.05. The molecule has 1 heterocycles. The highest BCUT2D eigenvalue weighted by Crippen LogP contribution is 2.35. The molecular weight excluding hydrogens is 224 g/mol. The molecule has 0 aromatic heterocycles. The van der Waals surface area contributed by atoms with Crippen molar-refractivity contribution < 1.29 is 19.1 Å². The van der Waals surface area contributed by atoms with Crippen LogP contribution >= 0.6 is 0 Å². The van der Waals surface area contributed by atoms with Crippen molar-refractivity contribution in [3.63, 3.8) is 0 Å². The van der Waals surface area contributed by atoms with Gasteiger partial charge in [-0.05, 0) is 33.6 Å². The third kappa shape index (κ3) is 2.11. The zero-order chi connectivity index (χ0) is 12.8. The number of carbonyl (C=O) groups excluding carboxylic acids is 3. The van der Waals surface area contributed by atoms with Crippen LogP contribution in [-0.2, 0) is 9.53 Å². The molecule has 0 bridgehead atoms. The van der Waals surface area contributed by atoms with Gasteiger partial charge in [0.05, 0.1) is 12.0 Å². The quantitative estimate of drug-likeness (QED) is 0.691. The maximum absolute atomic E-state index is 11.9. The molecule has 6 nitrogen and oxygen atoms in total. The maximum atomic E-state index is 11.9. The predicted octanol–water partition coefficient (Wildman–Crippen LogP) is 1.25. The Morgan fingerprint density at radius 1 is 1.35 bits per heavy atom. The molecule has 2 atom stereocenters. The molecule has 1 aliphatic heterocycles. The Morgan fingerprint density at radius 3 is 2.47 bits per heavy atom. The summed E-state index contributed by atoms with van der Waals surface area (Å²) in [5.74, 6) is -0.550. The number of nitrogens with zero attached hydrogens (tertiary/aromatic N) is 1. The SMILES string of the molecule is CC(C)(C)OC(=O)N1C(=O)NC(=O)[C@H]2CC[C@H]21. The Labute approximate surface area is 99.3 Å². The number of rotatable bonds is 0. The highest BCUT2D eigenvalue weighted by atomic mass is 16.6. The van der Waals surface area contributed by atoms with Crippen LogP contribution in [0.5, 0.6) is 0 Å². The zero-order valence-electron chi connectivity index (χ0n) is 10.1. The van der Waals surface area contributed by atoms with E-state index in [2.05, 4.69) is 5.32 Å². The Hall–Kier alpha value is -1.59. The lowest BCUT2D eigenvalue weighted by Gasteiger charge is -2.45. The fraction of sp³-hybridized carbons (Fsp3) is 0.727. The molecule has 0 aromatic rings. The van der Waals surface area contributed by atoms with Gasteiger partial charge in [0.25, 0.3) is 0 Å². The van der Waals surface area contributed by atoms with Gasteiger partial charge in [0.15, 0.2) is 0 Å². The fourth-order valence-electron chi connectivity index (χ4n) is 2.04. The molecular formula is C11H16N2O4. The fourth-order valence-corrected chi connectivity index (χ4v) is 2.04. The molecule has 6 heteroatoms. The Balaban J connectivity index is 2.12. The molecule has 0 unspecified atom stereocenters. The van der Waals surface area contributed by atoms with Crippen molar-refractivity contribution in [3.05, 3.63) is 0 Å². The second-order valence-electron chi connectivity index (χ2n) is 5.40. The molecule has 1 aliphatic carbocycles. The molecule has 1 N–H and O–H groups in total. The van der Waals surface area contributed by atoms with Gasteiger partial charge in [-0.15, -0.1) is 0 Å². The molecule has 1 saturated carbocycles. The molecule has 4 amide bonds. The molecule has 0 aromatic carbocycles. The van der Waals surface area contributed by atoms with Crippen molar-refractivity contribution in [3.8, 4) is 0 Å². The zero-order valence-corrected chi connectivity index (χ0v) is 10.1. The van der Waals surface area contributed by atoms with Crippen LogP contribution < -0.4 is 5.32 Å². The molecule has 2 aliphatic rings. The van der Waals surface area contributed by atoms with Gasteiger partial charge in [0.1, 0.15) is 5.60 Å². The number of ether oxygens (including phenoxy) is 1. The number of carbonyl (C=O) groups is 3. The second kappa shape index (κ2) is 3.72. The van der Waals surface area contributed by atoms with Gasteiger partial charge in [-0.3, -0.25) is 10.1 Å². The van der Waals surface area contributed by atoms with Crippen molar-refractivity contribution in [2.24, 2.45) is 5.92 Å². The summed E-state index contributed by atoms with van der Waals surface area (Å²) in [4.78, 5) is 35.9. The van der Waals surface area contributed by atoms with Gasteiger partial charge in [-0.25, -0.2) is 14.5 Å². The van der Waals surface area contributed by atoms with Crippen LogP contribution in [0, 0.1) is 5.92 Å². The van der Waals surface area contributed by atoms with Crippen molar-refractivity contribution in [1.82, 2.24) is 10.2 Å². The smallest absolute Gasteiger partial charge is 0.418 e. The van der Waals surface area contributed by atoms with Crippen LogP contribution in [0.25, 0.3) is 0 Å². The summed E-state index contributed by atoms with van der Waals surface area (Å²) in [7, 11) is 0. The van der Waals surface area contributed by atoms with Crippen LogP contribution in [0.4, 0.5) is 9.59 Å². The normalized spacial score (nSPS) is 28.1. The van der Waals surface area contributed by atoms with E-state index in [1.54, 1.807) is 20.8 Å². The number of imide groups is 2. The minimum atomic E-state index is -0.683. The van der Waals surface area contributed by atoms with Gasteiger partial charge in [-0.2, -0.15) is 0 Å². The monoisotopic (exact) mass is 240 g/mol. The predicted molar refractivity (Wildman–Crippen MR) is 58.1 cm³/mol. The standard InChI is InChI=1S/C11H16N2O4/c1-11(2,3)17-10(16)13-7-5-4-6(7)8(14)12-9(13)15/h6-7H,4-5H2,1-3H3,(H,12,14,15)/t6-,7+/m0/s1. The first-order valence-corrected chi connectivity index (χ1v) is 5.66. The molecule has 2 fully saturated rings. The van der Waals surface area contributed by atoms with Crippen molar-refractivity contribution in [2.45, 2.75) is 45.3 Å². The van der Waals surface area contributed by atoms with Gasteiger partial charge < -0.3 is 4.74 Å². The van der Waals surface area contributed by atoms with Crippen molar-refractivity contribution >= 4 is 18.0 Å². The average molecular weight is 240 g/mol. The molecule has 0 spiro atoms. The Kier molecular flexibility index (Phi) is 2.60. The van der Waals surface area contributed by atoms with Gasteiger partial charge >= 0.3 is 12.1 Å². The van der Waals surface area contributed by atoms with Gasteiger partial charge in [0, 0.05) is 0 Å². The molecule has 17 heavy (non-hydrogen) atoms. The van der Waals surface area contributed by atoms with E-state index in [4.69, 9.17) is 4.74 Å². The van der Waals surface area contributed by atoms with E-state index in [9.17, 15) is 14.4 Å². The molecule has 2 rings (SSSR count). The Bertz CT molecular complexity index is 385. The highest BCUT2D eigenvalue weighted by Gasteiger charge is 2.50. The minimum absolute atomic E-state index is 0.264. The third-order valence-electron chi connectivity index (χ3n) is 2.95.